The second-order valence-corrected chi connectivity index (χ2v) is 5.20. The molecule has 3 N–H and O–H groups in total. The summed E-state index contributed by atoms with van der Waals surface area (Å²) in [5.41, 5.74) is 2.46. The zero-order chi connectivity index (χ0) is 12.4. The Morgan fingerprint density at radius 1 is 1.22 bits per heavy atom. The largest absolute Gasteiger partial charge is 0.392 e. The van der Waals surface area contributed by atoms with Gasteiger partial charge in [-0.15, -0.1) is 0 Å². The van der Waals surface area contributed by atoms with Crippen molar-refractivity contribution in [2.45, 2.75) is 44.4 Å². The molecular formula is C15H20N2O. The highest BCUT2D eigenvalue weighted by atomic mass is 16.3. The van der Waals surface area contributed by atoms with Crippen LogP contribution in [-0.4, -0.2) is 22.2 Å². The van der Waals surface area contributed by atoms with Gasteiger partial charge in [0.1, 0.15) is 0 Å². The molecule has 0 amide bonds. The number of nitrogens with one attached hydrogen (secondary N) is 2. The van der Waals surface area contributed by atoms with Crippen LogP contribution in [0.2, 0.25) is 0 Å². The predicted octanol–water partition coefficient (Wildman–Crippen LogP) is 2.56. The summed E-state index contributed by atoms with van der Waals surface area (Å²) in [4.78, 5) is 3.28. The van der Waals surface area contributed by atoms with Crippen molar-refractivity contribution in [3.8, 4) is 0 Å². The molecule has 0 radical (unpaired) electrons. The van der Waals surface area contributed by atoms with Crippen LogP contribution in [0.25, 0.3) is 10.9 Å². The predicted molar refractivity (Wildman–Crippen MR) is 73.4 cm³/mol. The van der Waals surface area contributed by atoms with E-state index in [0.717, 1.165) is 25.8 Å². The molecular weight excluding hydrogens is 224 g/mol. The van der Waals surface area contributed by atoms with E-state index in [0.29, 0.717) is 0 Å². The molecule has 0 spiro atoms. The third-order valence-electron chi connectivity index (χ3n) is 3.96. The van der Waals surface area contributed by atoms with Gasteiger partial charge in [-0.1, -0.05) is 31.0 Å². The van der Waals surface area contributed by atoms with Gasteiger partial charge in [0.2, 0.25) is 0 Å². The summed E-state index contributed by atoms with van der Waals surface area (Å²) in [6.07, 6.45) is 6.29. The van der Waals surface area contributed by atoms with E-state index in [9.17, 15) is 5.11 Å². The van der Waals surface area contributed by atoms with Gasteiger partial charge >= 0.3 is 0 Å². The lowest BCUT2D eigenvalue weighted by atomic mass is 9.92. The van der Waals surface area contributed by atoms with Crippen LogP contribution in [0, 0.1) is 0 Å². The van der Waals surface area contributed by atoms with Crippen LogP contribution in [0.3, 0.4) is 0 Å². The molecule has 1 aliphatic carbocycles. The molecule has 3 nitrogen and oxygen atoms in total. The van der Waals surface area contributed by atoms with Crippen molar-refractivity contribution in [3.63, 3.8) is 0 Å². The van der Waals surface area contributed by atoms with Gasteiger partial charge < -0.3 is 15.4 Å². The van der Waals surface area contributed by atoms with Crippen molar-refractivity contribution >= 4 is 10.9 Å². The van der Waals surface area contributed by atoms with Gasteiger partial charge in [-0.05, 0) is 24.5 Å². The highest BCUT2D eigenvalue weighted by Gasteiger charge is 2.22. The zero-order valence-electron chi connectivity index (χ0n) is 10.5. The first-order valence-corrected chi connectivity index (χ1v) is 6.81. The second kappa shape index (κ2) is 5.12. The SMILES string of the molecule is O[C@H]1CCCC[C@@H]1NCc1c[nH]c2ccccc12. The molecule has 0 unspecified atom stereocenters. The minimum atomic E-state index is -0.177. The van der Waals surface area contributed by atoms with Crippen LogP contribution in [0.4, 0.5) is 0 Å². The van der Waals surface area contributed by atoms with Crippen molar-refractivity contribution in [2.24, 2.45) is 0 Å². The third kappa shape index (κ3) is 2.28. The standard InChI is InChI=1S/C15H20N2O/c18-15-8-4-3-7-14(15)17-10-11-9-16-13-6-2-1-5-12(11)13/h1-2,5-6,9,14-18H,3-4,7-8,10H2/t14-,15-/m0/s1. The summed E-state index contributed by atoms with van der Waals surface area (Å²) in [5.74, 6) is 0. The minimum Gasteiger partial charge on any atom is -0.392 e. The average molecular weight is 244 g/mol. The molecule has 3 rings (SSSR count). The van der Waals surface area contributed by atoms with Gasteiger partial charge in [0.05, 0.1) is 6.10 Å². The molecule has 0 aliphatic heterocycles. The maximum absolute atomic E-state index is 9.94. The highest BCUT2D eigenvalue weighted by molar-refractivity contribution is 5.82. The van der Waals surface area contributed by atoms with Gasteiger partial charge in [-0.3, -0.25) is 0 Å². The maximum atomic E-state index is 9.94. The number of hydrogen-bond donors (Lipinski definition) is 3. The first-order valence-electron chi connectivity index (χ1n) is 6.81. The Bertz CT molecular complexity index is 520. The Kier molecular flexibility index (Phi) is 3.35. The summed E-state index contributed by atoms with van der Waals surface area (Å²) in [7, 11) is 0. The molecule has 1 fully saturated rings. The third-order valence-corrected chi connectivity index (χ3v) is 3.96. The Hall–Kier alpha value is -1.32. The fourth-order valence-corrected chi connectivity index (χ4v) is 2.87. The van der Waals surface area contributed by atoms with Gasteiger partial charge in [0, 0.05) is 29.7 Å². The first-order chi connectivity index (χ1) is 8.84. The lowest BCUT2D eigenvalue weighted by Gasteiger charge is -2.28. The highest BCUT2D eigenvalue weighted by Crippen LogP contribution is 2.21. The van der Waals surface area contributed by atoms with Crippen LogP contribution in [0.5, 0.6) is 0 Å². The number of aliphatic hydroxyl groups excluding tert-OH is 1. The Morgan fingerprint density at radius 3 is 2.94 bits per heavy atom. The molecule has 2 atom stereocenters. The summed E-state index contributed by atoms with van der Waals surface area (Å²) in [6, 6.07) is 8.59. The smallest absolute Gasteiger partial charge is 0.0693 e. The lowest BCUT2D eigenvalue weighted by molar-refractivity contribution is 0.0903. The maximum Gasteiger partial charge on any atom is 0.0693 e. The average Bonchev–Trinajstić information content (AvgIpc) is 2.81. The number of aromatic nitrogens is 1. The van der Waals surface area contributed by atoms with Gasteiger partial charge in [0.15, 0.2) is 0 Å². The van der Waals surface area contributed by atoms with E-state index in [1.54, 1.807) is 0 Å². The minimum absolute atomic E-state index is 0.177. The van der Waals surface area contributed by atoms with E-state index in [4.69, 9.17) is 0 Å². The number of H-pyrrole nitrogens is 1. The van der Waals surface area contributed by atoms with Gasteiger partial charge in [-0.25, -0.2) is 0 Å². The summed E-state index contributed by atoms with van der Waals surface area (Å²) >= 11 is 0. The normalized spacial score (nSPS) is 24.5. The van der Waals surface area contributed by atoms with Crippen LogP contribution in [-0.2, 0) is 6.54 Å². The molecule has 1 aromatic heterocycles. The molecule has 1 heterocycles. The molecule has 18 heavy (non-hydrogen) atoms. The first kappa shape index (κ1) is 11.8. The monoisotopic (exact) mass is 244 g/mol. The Balaban J connectivity index is 1.69. The zero-order valence-corrected chi connectivity index (χ0v) is 10.5. The summed E-state index contributed by atoms with van der Waals surface area (Å²) in [6.45, 7) is 0.825. The molecule has 1 aromatic carbocycles. The molecule has 0 saturated heterocycles. The summed E-state index contributed by atoms with van der Waals surface area (Å²) < 4.78 is 0. The van der Waals surface area contributed by atoms with Crippen LogP contribution >= 0.6 is 0 Å². The lowest BCUT2D eigenvalue weighted by Crippen LogP contribution is -2.41. The van der Waals surface area contributed by atoms with Crippen LogP contribution < -0.4 is 5.32 Å². The van der Waals surface area contributed by atoms with Gasteiger partial charge in [-0.2, -0.15) is 0 Å². The van der Waals surface area contributed by atoms with E-state index >= 15 is 0 Å². The number of para-hydroxylation sites is 1. The molecule has 1 aliphatic rings. The molecule has 3 heteroatoms. The quantitative estimate of drug-likeness (QED) is 0.777. The fraction of sp³-hybridized carbons (Fsp3) is 0.467. The Labute approximate surface area is 107 Å². The molecule has 1 saturated carbocycles. The van der Waals surface area contributed by atoms with E-state index in [-0.39, 0.29) is 12.1 Å². The number of fused-ring (bicyclic) bond motifs is 1. The van der Waals surface area contributed by atoms with Crippen LogP contribution in [0.1, 0.15) is 31.2 Å². The number of rotatable bonds is 3. The fourth-order valence-electron chi connectivity index (χ4n) is 2.87. The van der Waals surface area contributed by atoms with Crippen molar-refractivity contribution < 1.29 is 5.11 Å². The number of hydrogen-bond acceptors (Lipinski definition) is 2. The number of aliphatic hydroxyl groups is 1. The van der Waals surface area contributed by atoms with Crippen molar-refractivity contribution in [2.75, 3.05) is 0 Å². The number of aromatic amines is 1. The van der Waals surface area contributed by atoms with Crippen LogP contribution in [0.15, 0.2) is 30.5 Å². The second-order valence-electron chi connectivity index (χ2n) is 5.20. The summed E-state index contributed by atoms with van der Waals surface area (Å²) in [5, 5.41) is 14.7. The molecule has 2 aromatic rings. The van der Waals surface area contributed by atoms with E-state index in [1.807, 2.05) is 6.07 Å². The van der Waals surface area contributed by atoms with Gasteiger partial charge in [0.25, 0.3) is 0 Å². The van der Waals surface area contributed by atoms with Crippen molar-refractivity contribution in [3.05, 3.63) is 36.0 Å². The van der Waals surface area contributed by atoms with Crippen molar-refractivity contribution in [1.82, 2.24) is 10.3 Å². The van der Waals surface area contributed by atoms with Crippen molar-refractivity contribution in [1.29, 1.82) is 0 Å². The number of benzene rings is 1. The van der Waals surface area contributed by atoms with E-state index in [1.165, 1.54) is 22.9 Å². The topological polar surface area (TPSA) is 48.0 Å². The molecule has 0 bridgehead atoms. The Morgan fingerprint density at radius 2 is 2.06 bits per heavy atom. The van der Waals surface area contributed by atoms with E-state index < -0.39 is 0 Å². The van der Waals surface area contributed by atoms with E-state index in [2.05, 4.69) is 34.7 Å². The molecule has 96 valence electrons.